The Morgan fingerprint density at radius 1 is 1.36 bits per heavy atom. The molecule has 8 nitrogen and oxygen atoms in total. The number of aromatic nitrogens is 1. The highest BCUT2D eigenvalue weighted by molar-refractivity contribution is 7.07. The maximum atomic E-state index is 12.7. The van der Waals surface area contributed by atoms with E-state index in [0.717, 1.165) is 17.9 Å². The summed E-state index contributed by atoms with van der Waals surface area (Å²) in [5, 5.41) is 14.0. The van der Waals surface area contributed by atoms with Crippen LogP contribution in [0.2, 0.25) is 0 Å². The molecule has 1 aromatic heterocycles. The van der Waals surface area contributed by atoms with Gasteiger partial charge in [0, 0.05) is 31.0 Å². The van der Waals surface area contributed by atoms with Gasteiger partial charge in [-0.1, -0.05) is 6.07 Å². The van der Waals surface area contributed by atoms with E-state index >= 15 is 0 Å². The number of hydrogen-bond acceptors (Lipinski definition) is 7. The number of thiazole rings is 1. The molecule has 2 N–H and O–H groups in total. The molecule has 2 aromatic rings. The molecule has 0 spiro atoms. The fourth-order valence-corrected chi connectivity index (χ4v) is 3.71. The van der Waals surface area contributed by atoms with Gasteiger partial charge >= 0.3 is 6.18 Å². The summed E-state index contributed by atoms with van der Waals surface area (Å²) in [5.41, 5.74) is -0.388. The van der Waals surface area contributed by atoms with Gasteiger partial charge in [-0.3, -0.25) is 14.2 Å². The number of halogens is 3. The van der Waals surface area contributed by atoms with Crippen LogP contribution in [0.25, 0.3) is 11.8 Å². The van der Waals surface area contributed by atoms with E-state index in [1.807, 2.05) is 19.0 Å². The summed E-state index contributed by atoms with van der Waals surface area (Å²) < 4.78 is 44.2. The van der Waals surface area contributed by atoms with Gasteiger partial charge in [0.05, 0.1) is 0 Å². The second-order valence-electron chi connectivity index (χ2n) is 7.07. The summed E-state index contributed by atoms with van der Waals surface area (Å²) in [7, 11) is 3.87. The van der Waals surface area contributed by atoms with Gasteiger partial charge in [-0.25, -0.2) is 0 Å². The monoisotopic (exact) mass is 483 g/mol. The van der Waals surface area contributed by atoms with Crippen molar-refractivity contribution in [3.05, 3.63) is 43.8 Å². The minimum absolute atomic E-state index is 0.0153. The second-order valence-corrected chi connectivity index (χ2v) is 8.10. The van der Waals surface area contributed by atoms with E-state index in [4.69, 9.17) is 4.74 Å². The summed E-state index contributed by atoms with van der Waals surface area (Å²) in [6.45, 7) is 1.43. The van der Waals surface area contributed by atoms with Crippen molar-refractivity contribution >= 4 is 34.7 Å². The van der Waals surface area contributed by atoms with E-state index in [1.54, 1.807) is 42.6 Å². The number of carbonyl (C=O) groups is 1. The third-order valence-corrected chi connectivity index (χ3v) is 5.37. The molecule has 0 saturated carbocycles. The molecule has 33 heavy (non-hydrogen) atoms. The fraction of sp³-hybridized carbons (Fsp3) is 0.381. The zero-order chi connectivity index (χ0) is 24.6. The van der Waals surface area contributed by atoms with Crippen molar-refractivity contribution in [1.29, 1.82) is 5.26 Å². The Morgan fingerprint density at radius 3 is 2.70 bits per heavy atom. The molecule has 0 aliphatic heterocycles. The lowest BCUT2D eigenvalue weighted by Crippen LogP contribution is -2.37. The van der Waals surface area contributed by atoms with Crippen LogP contribution >= 0.6 is 11.3 Å². The van der Waals surface area contributed by atoms with Gasteiger partial charge in [0.1, 0.15) is 34.2 Å². The molecule has 1 amide bonds. The molecule has 2 rings (SSSR count). The largest absolute Gasteiger partial charge is 0.492 e. The topological polar surface area (TPSA) is 99.4 Å². The highest BCUT2D eigenvalue weighted by Crippen LogP contribution is 2.17. The molecule has 0 radical (unpaired) electrons. The Kier molecular flexibility index (Phi) is 9.07. The molecular weight excluding hydrogens is 459 g/mol. The van der Waals surface area contributed by atoms with Crippen molar-refractivity contribution in [2.45, 2.75) is 19.6 Å². The Bertz CT molecular complexity index is 1200. The van der Waals surface area contributed by atoms with Crippen molar-refractivity contribution in [3.63, 3.8) is 0 Å². The van der Waals surface area contributed by atoms with Crippen molar-refractivity contribution < 1.29 is 22.7 Å². The maximum absolute atomic E-state index is 12.7. The number of nitrogens with zero attached hydrogens (tertiary/aromatic N) is 3. The van der Waals surface area contributed by atoms with Crippen LogP contribution in [0.1, 0.15) is 6.92 Å². The van der Waals surface area contributed by atoms with Gasteiger partial charge < -0.3 is 20.3 Å². The summed E-state index contributed by atoms with van der Waals surface area (Å²) in [6, 6.07) is 8.69. The van der Waals surface area contributed by atoms with E-state index in [-0.39, 0.29) is 15.7 Å². The van der Waals surface area contributed by atoms with E-state index in [9.17, 15) is 28.0 Å². The molecule has 0 aliphatic rings. The lowest BCUT2D eigenvalue weighted by atomic mass is 10.3. The molecule has 0 saturated heterocycles. The number of anilines is 1. The predicted octanol–water partition coefficient (Wildman–Crippen LogP) is 1.07. The molecule has 0 unspecified atom stereocenters. The SMILES string of the molecule is CCn1c(=C(C#N)C(=O)NCC(F)(F)F)sc(=CNc2cccc(OCCN(C)C)c2)c1=O. The Labute approximate surface area is 192 Å². The van der Waals surface area contributed by atoms with Crippen LogP contribution in [0.4, 0.5) is 18.9 Å². The van der Waals surface area contributed by atoms with Gasteiger partial charge in [0.2, 0.25) is 0 Å². The number of hydrogen-bond donors (Lipinski definition) is 2. The van der Waals surface area contributed by atoms with Crippen molar-refractivity contribution in [3.8, 4) is 11.8 Å². The van der Waals surface area contributed by atoms with Crippen molar-refractivity contribution in [2.75, 3.05) is 39.1 Å². The first-order chi connectivity index (χ1) is 15.6. The first-order valence-corrected chi connectivity index (χ1v) is 10.7. The predicted molar refractivity (Wildman–Crippen MR) is 120 cm³/mol. The van der Waals surface area contributed by atoms with E-state index in [2.05, 4.69) is 5.32 Å². The Balaban J connectivity index is 2.34. The van der Waals surface area contributed by atoms with Crippen LogP contribution in [-0.2, 0) is 11.3 Å². The number of likely N-dealkylation sites (N-methyl/N-ethyl adjacent to an activating group) is 1. The van der Waals surface area contributed by atoms with E-state index < -0.39 is 29.8 Å². The number of ether oxygens (including phenoxy) is 1. The summed E-state index contributed by atoms with van der Waals surface area (Å²) in [4.78, 5) is 26.8. The fourth-order valence-electron chi connectivity index (χ4n) is 2.63. The van der Waals surface area contributed by atoms with Crippen LogP contribution in [0.15, 0.2) is 29.1 Å². The highest BCUT2D eigenvalue weighted by Gasteiger charge is 2.28. The van der Waals surface area contributed by atoms with Crippen molar-refractivity contribution in [1.82, 2.24) is 14.8 Å². The zero-order valence-corrected chi connectivity index (χ0v) is 19.1. The molecule has 0 bridgehead atoms. The molecule has 0 aliphatic carbocycles. The molecular formula is C21H24F3N5O3S. The maximum Gasteiger partial charge on any atom is 0.405 e. The van der Waals surface area contributed by atoms with Crippen molar-refractivity contribution in [2.24, 2.45) is 0 Å². The molecule has 1 heterocycles. The van der Waals surface area contributed by atoms with Crippen LogP contribution in [0.3, 0.4) is 0 Å². The highest BCUT2D eigenvalue weighted by atomic mass is 32.1. The first-order valence-electron chi connectivity index (χ1n) is 9.89. The number of rotatable bonds is 9. The summed E-state index contributed by atoms with van der Waals surface area (Å²) >= 11 is 0.840. The first kappa shape index (κ1) is 26.0. The number of nitrogens with one attached hydrogen (secondary N) is 2. The minimum Gasteiger partial charge on any atom is -0.492 e. The van der Waals surface area contributed by atoms with E-state index in [0.29, 0.717) is 18.0 Å². The number of nitriles is 1. The second kappa shape index (κ2) is 11.5. The zero-order valence-electron chi connectivity index (χ0n) is 18.3. The van der Waals surface area contributed by atoms with Gasteiger partial charge in [0.15, 0.2) is 5.57 Å². The van der Waals surface area contributed by atoms with Gasteiger partial charge in [-0.2, -0.15) is 18.4 Å². The van der Waals surface area contributed by atoms with Crippen LogP contribution in [0.5, 0.6) is 5.75 Å². The number of amides is 1. The third kappa shape index (κ3) is 7.65. The van der Waals surface area contributed by atoms with Gasteiger partial charge in [-0.15, -0.1) is 11.3 Å². The third-order valence-electron chi connectivity index (χ3n) is 4.24. The quantitative estimate of drug-likeness (QED) is 0.554. The average molecular weight is 484 g/mol. The van der Waals surface area contributed by atoms with E-state index in [1.165, 1.54) is 10.8 Å². The van der Waals surface area contributed by atoms with Gasteiger partial charge in [0.25, 0.3) is 11.5 Å². The lowest BCUT2D eigenvalue weighted by molar-refractivity contribution is -0.135. The molecule has 1 aromatic carbocycles. The summed E-state index contributed by atoms with van der Waals surface area (Å²) in [6.07, 6.45) is -3.20. The van der Waals surface area contributed by atoms with Crippen LogP contribution < -0.4 is 30.1 Å². The number of alkyl halides is 3. The number of carbonyl (C=O) groups excluding carboxylic acids is 1. The smallest absolute Gasteiger partial charge is 0.405 e. The minimum atomic E-state index is -4.62. The Hall–Kier alpha value is -3.30. The van der Waals surface area contributed by atoms with Gasteiger partial charge in [-0.05, 0) is 33.2 Å². The molecule has 0 fully saturated rings. The van der Waals surface area contributed by atoms with Crippen LogP contribution in [0, 0.1) is 11.3 Å². The average Bonchev–Trinajstić information content (AvgIpc) is 3.06. The Morgan fingerprint density at radius 2 is 2.09 bits per heavy atom. The molecule has 0 atom stereocenters. The molecule has 178 valence electrons. The lowest BCUT2D eigenvalue weighted by Gasteiger charge is -2.11. The summed E-state index contributed by atoms with van der Waals surface area (Å²) in [5.74, 6) is -0.560. The number of benzene rings is 1. The standard InChI is InChI=1S/C21H24F3N5O3S/c1-4-29-19(31)17(33-20(29)16(11-25)18(30)27-13-21(22,23)24)12-26-14-6-5-7-15(10-14)32-9-8-28(2)3/h5-7,10,12,26H,4,8-9,13H2,1-3H3,(H,27,30). The normalized spacial score (nSPS) is 13.0. The molecule has 12 heteroatoms. The van der Waals surface area contributed by atoms with Crippen LogP contribution in [-0.4, -0.2) is 55.3 Å².